The van der Waals surface area contributed by atoms with Gasteiger partial charge in [0.1, 0.15) is 6.61 Å². The molecule has 0 saturated carbocycles. The smallest absolute Gasteiger partial charge is 0.337 e. The summed E-state index contributed by atoms with van der Waals surface area (Å²) in [5.74, 6) is 0.700. The van der Waals surface area contributed by atoms with Crippen molar-refractivity contribution in [2.45, 2.75) is 25.1 Å². The minimum atomic E-state index is -1.76. The van der Waals surface area contributed by atoms with Crippen LogP contribution in [0.15, 0.2) is 60.7 Å². The number of primary amides is 1. The van der Waals surface area contributed by atoms with Gasteiger partial charge in [-0.15, -0.1) is 12.3 Å². The second-order valence-electron chi connectivity index (χ2n) is 5.55. The number of terminal acetylenes is 1. The van der Waals surface area contributed by atoms with Gasteiger partial charge in [-0.1, -0.05) is 60.7 Å². The van der Waals surface area contributed by atoms with Crippen LogP contribution in [-0.2, 0) is 27.5 Å². The second-order valence-corrected chi connectivity index (χ2v) is 5.55. The summed E-state index contributed by atoms with van der Waals surface area (Å²) in [5, 5.41) is 2.89. The van der Waals surface area contributed by atoms with Crippen LogP contribution in [0.3, 0.4) is 0 Å². The van der Waals surface area contributed by atoms with E-state index in [4.69, 9.17) is 16.9 Å². The van der Waals surface area contributed by atoms with Gasteiger partial charge in [0.2, 0.25) is 11.4 Å². The minimum Gasteiger partial charge on any atom is -0.459 e. The average Bonchev–Trinajstić information content (AvgIpc) is 2.64. The fraction of sp³-hybridized carbons (Fsp3) is 0.200. The molecule has 0 aliphatic heterocycles. The van der Waals surface area contributed by atoms with Crippen molar-refractivity contribution in [2.24, 2.45) is 5.73 Å². The highest BCUT2D eigenvalue weighted by Crippen LogP contribution is 2.15. The van der Waals surface area contributed by atoms with Gasteiger partial charge in [0.05, 0.1) is 0 Å². The third-order valence-corrected chi connectivity index (χ3v) is 3.79. The monoisotopic (exact) mass is 336 g/mol. The molecule has 5 nitrogen and oxygen atoms in total. The van der Waals surface area contributed by atoms with E-state index < -0.39 is 17.4 Å². The first-order valence-electron chi connectivity index (χ1n) is 7.82. The summed E-state index contributed by atoms with van der Waals surface area (Å²) in [4.78, 5) is 24.7. The van der Waals surface area contributed by atoms with E-state index in [2.05, 4.69) is 11.2 Å². The average molecular weight is 336 g/mol. The number of ether oxygens (including phenoxy) is 1. The van der Waals surface area contributed by atoms with Gasteiger partial charge >= 0.3 is 5.97 Å². The summed E-state index contributed by atoms with van der Waals surface area (Å²) in [6.07, 6.45) is 5.17. The number of esters is 1. The van der Waals surface area contributed by atoms with Crippen molar-refractivity contribution in [1.29, 1.82) is 0 Å². The SMILES string of the molecule is C#CC[C@@](NCc1ccccc1)(C(N)=O)C(=O)OCc1ccccc1. The summed E-state index contributed by atoms with van der Waals surface area (Å²) in [5.41, 5.74) is 5.42. The van der Waals surface area contributed by atoms with E-state index in [0.29, 0.717) is 0 Å². The van der Waals surface area contributed by atoms with Gasteiger partial charge in [-0.3, -0.25) is 10.1 Å². The predicted octanol–water partition coefficient (Wildman–Crippen LogP) is 1.77. The molecule has 3 N–H and O–H groups in total. The Morgan fingerprint density at radius 2 is 1.60 bits per heavy atom. The Hall–Kier alpha value is -3.10. The van der Waals surface area contributed by atoms with Gasteiger partial charge in [-0.25, -0.2) is 4.79 Å². The molecule has 0 radical (unpaired) electrons. The Morgan fingerprint density at radius 3 is 2.12 bits per heavy atom. The van der Waals surface area contributed by atoms with Gasteiger partial charge in [-0.05, 0) is 11.1 Å². The molecular weight excluding hydrogens is 316 g/mol. The Bertz CT molecular complexity index is 754. The van der Waals surface area contributed by atoms with Crippen LogP contribution in [0.4, 0.5) is 0 Å². The molecule has 1 atom stereocenters. The van der Waals surface area contributed by atoms with E-state index in [1.807, 2.05) is 60.7 Å². The largest absolute Gasteiger partial charge is 0.459 e. The normalized spacial score (nSPS) is 12.6. The van der Waals surface area contributed by atoms with E-state index in [9.17, 15) is 9.59 Å². The van der Waals surface area contributed by atoms with Crippen LogP contribution in [0.1, 0.15) is 17.5 Å². The molecule has 0 unspecified atom stereocenters. The van der Waals surface area contributed by atoms with E-state index in [1.165, 1.54) is 0 Å². The van der Waals surface area contributed by atoms with Crippen LogP contribution in [-0.4, -0.2) is 17.4 Å². The number of rotatable bonds is 8. The fourth-order valence-corrected chi connectivity index (χ4v) is 2.33. The molecule has 2 aromatic carbocycles. The lowest BCUT2D eigenvalue weighted by atomic mass is 9.94. The molecule has 1 amide bonds. The van der Waals surface area contributed by atoms with Crippen molar-refractivity contribution in [2.75, 3.05) is 0 Å². The zero-order chi connectivity index (χ0) is 18.1. The summed E-state index contributed by atoms with van der Waals surface area (Å²) in [6.45, 7) is 0.290. The van der Waals surface area contributed by atoms with Gasteiger partial charge in [0.15, 0.2) is 0 Å². The number of carbonyl (C=O) groups is 2. The van der Waals surface area contributed by atoms with Gasteiger partial charge in [0, 0.05) is 13.0 Å². The van der Waals surface area contributed by atoms with Crippen LogP contribution in [0.2, 0.25) is 0 Å². The maximum Gasteiger partial charge on any atom is 0.337 e. The Morgan fingerprint density at radius 1 is 1.04 bits per heavy atom. The van der Waals surface area contributed by atoms with Gasteiger partial charge < -0.3 is 10.5 Å². The molecule has 0 saturated heterocycles. The van der Waals surface area contributed by atoms with Gasteiger partial charge in [0.25, 0.3) is 0 Å². The zero-order valence-electron chi connectivity index (χ0n) is 13.8. The van der Waals surface area contributed by atoms with Crippen LogP contribution >= 0.6 is 0 Å². The predicted molar refractivity (Wildman–Crippen MR) is 94.9 cm³/mol. The van der Waals surface area contributed by atoms with Crippen LogP contribution < -0.4 is 11.1 Å². The number of nitrogens with one attached hydrogen (secondary N) is 1. The zero-order valence-corrected chi connectivity index (χ0v) is 13.8. The molecular formula is C20H20N2O3. The maximum absolute atomic E-state index is 12.6. The number of nitrogens with two attached hydrogens (primary N) is 1. The first-order valence-corrected chi connectivity index (χ1v) is 7.82. The lowest BCUT2D eigenvalue weighted by molar-refractivity contribution is -0.156. The molecule has 0 bridgehead atoms. The van der Waals surface area contributed by atoms with Crippen LogP contribution in [0.25, 0.3) is 0 Å². The van der Waals surface area contributed by atoms with Crippen molar-refractivity contribution < 1.29 is 14.3 Å². The van der Waals surface area contributed by atoms with E-state index in [-0.39, 0.29) is 19.6 Å². The lowest BCUT2D eigenvalue weighted by Gasteiger charge is -2.28. The molecule has 0 aromatic heterocycles. The van der Waals surface area contributed by atoms with Crippen LogP contribution in [0.5, 0.6) is 0 Å². The third-order valence-electron chi connectivity index (χ3n) is 3.79. The Balaban J connectivity index is 2.14. The van der Waals surface area contributed by atoms with Gasteiger partial charge in [-0.2, -0.15) is 0 Å². The van der Waals surface area contributed by atoms with E-state index in [0.717, 1.165) is 11.1 Å². The molecule has 2 aromatic rings. The fourth-order valence-electron chi connectivity index (χ4n) is 2.33. The highest BCUT2D eigenvalue weighted by molar-refractivity contribution is 6.07. The molecule has 0 fully saturated rings. The molecule has 5 heteroatoms. The highest BCUT2D eigenvalue weighted by Gasteiger charge is 2.45. The molecule has 128 valence electrons. The summed E-state index contributed by atoms with van der Waals surface area (Å²) in [7, 11) is 0. The Kier molecular flexibility index (Phi) is 6.33. The van der Waals surface area contributed by atoms with E-state index in [1.54, 1.807) is 0 Å². The number of hydrogen-bond donors (Lipinski definition) is 2. The summed E-state index contributed by atoms with van der Waals surface area (Å²) >= 11 is 0. The molecule has 2 rings (SSSR count). The molecule has 25 heavy (non-hydrogen) atoms. The van der Waals surface area contributed by atoms with Crippen molar-refractivity contribution in [3.05, 3.63) is 71.8 Å². The molecule has 0 spiro atoms. The van der Waals surface area contributed by atoms with Crippen molar-refractivity contribution in [3.63, 3.8) is 0 Å². The molecule has 0 aliphatic carbocycles. The topological polar surface area (TPSA) is 81.4 Å². The number of carbonyl (C=O) groups excluding carboxylic acids is 2. The maximum atomic E-state index is 12.6. The van der Waals surface area contributed by atoms with Crippen LogP contribution in [0, 0.1) is 12.3 Å². The molecule has 0 heterocycles. The third kappa shape index (κ3) is 4.69. The Labute approximate surface area is 147 Å². The molecule has 0 aliphatic rings. The standard InChI is InChI=1S/C20H20N2O3/c1-2-13-20(18(21)23,22-14-16-9-5-3-6-10-16)19(24)25-15-17-11-7-4-8-12-17/h1,3-12,22H,13-15H2,(H2,21,23)/t20-/m1/s1. The quantitative estimate of drug-likeness (QED) is 0.437. The summed E-state index contributed by atoms with van der Waals surface area (Å²) < 4.78 is 5.30. The summed E-state index contributed by atoms with van der Waals surface area (Å²) in [6, 6.07) is 18.5. The minimum absolute atomic E-state index is 0.0340. The lowest BCUT2D eigenvalue weighted by Crippen LogP contribution is -2.61. The number of amides is 1. The number of benzene rings is 2. The highest BCUT2D eigenvalue weighted by atomic mass is 16.5. The van der Waals surface area contributed by atoms with Crippen molar-refractivity contribution in [3.8, 4) is 12.3 Å². The van der Waals surface area contributed by atoms with Crippen molar-refractivity contribution in [1.82, 2.24) is 5.32 Å². The first-order chi connectivity index (χ1) is 12.1. The van der Waals surface area contributed by atoms with Crippen molar-refractivity contribution >= 4 is 11.9 Å². The first kappa shape index (κ1) is 18.2. The van der Waals surface area contributed by atoms with E-state index >= 15 is 0 Å². The number of hydrogen-bond acceptors (Lipinski definition) is 4. The second kappa shape index (κ2) is 8.67.